The molecule has 0 bridgehead atoms. The molecule has 0 saturated heterocycles. The van der Waals surface area contributed by atoms with E-state index in [2.05, 4.69) is 12.6 Å². The van der Waals surface area contributed by atoms with Gasteiger partial charge in [-0.3, -0.25) is 4.42 Å². The van der Waals surface area contributed by atoms with Crippen LogP contribution >= 0.6 is 36.2 Å². The Morgan fingerprint density at radius 1 is 2.00 bits per heavy atom. The zero-order valence-electron chi connectivity index (χ0n) is 4.17. The van der Waals surface area contributed by atoms with Crippen LogP contribution in [0.15, 0.2) is 11.1 Å². The number of thiol groups is 1. The highest BCUT2D eigenvalue weighted by atomic mass is 35.5. The maximum Gasteiger partial charge on any atom is 0.0841 e. The van der Waals surface area contributed by atoms with Crippen molar-refractivity contribution in [1.29, 1.82) is 0 Å². The van der Waals surface area contributed by atoms with Crippen LogP contribution in [0.3, 0.4) is 0 Å². The lowest BCUT2D eigenvalue weighted by Gasteiger charge is -1.96. The third kappa shape index (κ3) is 1.50. The van der Waals surface area contributed by atoms with Crippen LogP contribution in [0, 0.1) is 0 Å². The van der Waals surface area contributed by atoms with Gasteiger partial charge >= 0.3 is 0 Å². The van der Waals surface area contributed by atoms with Crippen LogP contribution in [0.1, 0.15) is 0 Å². The first-order valence-electron chi connectivity index (χ1n) is 2.19. The zero-order valence-corrected chi connectivity index (χ0v) is 6.64. The Kier molecular flexibility index (Phi) is 2.41. The molecule has 0 aromatic carbocycles. The molecule has 1 rings (SSSR count). The van der Waals surface area contributed by atoms with Crippen LogP contribution in [-0.4, -0.2) is 16.0 Å². The smallest absolute Gasteiger partial charge is 0.0841 e. The average molecular weight is 168 g/mol. The van der Waals surface area contributed by atoms with Crippen LogP contribution in [0.25, 0.3) is 0 Å². The van der Waals surface area contributed by atoms with Crippen molar-refractivity contribution >= 4 is 36.2 Å². The topological polar surface area (TPSA) is 3.24 Å². The van der Waals surface area contributed by atoms with Crippen molar-refractivity contribution < 1.29 is 0 Å². The molecule has 4 heteroatoms. The van der Waals surface area contributed by atoms with Crippen LogP contribution < -0.4 is 0 Å². The molecule has 46 valence electrons. The number of nitrogens with zero attached hydrogens (tertiary/aromatic N) is 1. The summed E-state index contributed by atoms with van der Waals surface area (Å²) in [5.74, 6) is 1.66. The molecule has 0 amide bonds. The minimum absolute atomic E-state index is 0.799. The first-order valence-corrected chi connectivity index (χ1v) is 4.15. The number of halogens is 1. The fourth-order valence-electron chi connectivity index (χ4n) is 0.462. The quantitative estimate of drug-likeness (QED) is 0.470. The molecule has 0 spiro atoms. The third-order valence-corrected chi connectivity index (χ3v) is 2.75. The normalized spacial score (nSPS) is 19.2. The number of rotatable bonds is 1. The molecule has 1 aliphatic heterocycles. The molecule has 0 unspecified atom stereocenters. The van der Waals surface area contributed by atoms with Crippen molar-refractivity contribution in [1.82, 2.24) is 4.42 Å². The molecule has 0 aromatic heterocycles. The van der Waals surface area contributed by atoms with Gasteiger partial charge in [0.1, 0.15) is 0 Å². The fraction of sp³-hybridized carbons (Fsp3) is 0.500. The molecule has 0 aromatic rings. The van der Waals surface area contributed by atoms with Gasteiger partial charge in [-0.1, -0.05) is 0 Å². The summed E-state index contributed by atoms with van der Waals surface area (Å²) in [5.41, 5.74) is 0. The second kappa shape index (κ2) is 2.90. The van der Waals surface area contributed by atoms with Crippen LogP contribution in [0.2, 0.25) is 0 Å². The summed E-state index contributed by atoms with van der Waals surface area (Å²) >= 11 is 11.4. The maximum atomic E-state index is 5.59. The molecule has 0 fully saturated rings. The second-order valence-electron chi connectivity index (χ2n) is 1.43. The summed E-state index contributed by atoms with van der Waals surface area (Å²) in [6, 6.07) is 0. The van der Waals surface area contributed by atoms with Crippen LogP contribution in [-0.2, 0) is 0 Å². The van der Waals surface area contributed by atoms with Gasteiger partial charge in [0.05, 0.1) is 5.88 Å². The van der Waals surface area contributed by atoms with Gasteiger partial charge in [-0.25, -0.2) is 0 Å². The van der Waals surface area contributed by atoms with Gasteiger partial charge in [0.25, 0.3) is 0 Å². The summed E-state index contributed by atoms with van der Waals surface area (Å²) in [5, 5.41) is 0. The fourth-order valence-corrected chi connectivity index (χ4v) is 1.80. The van der Waals surface area contributed by atoms with Crippen molar-refractivity contribution in [2.75, 3.05) is 11.6 Å². The van der Waals surface area contributed by atoms with E-state index in [-0.39, 0.29) is 0 Å². The van der Waals surface area contributed by atoms with E-state index in [1.54, 1.807) is 16.2 Å². The summed E-state index contributed by atoms with van der Waals surface area (Å²) < 4.78 is 1.64. The molecule has 1 nitrogen and oxygen atoms in total. The van der Waals surface area contributed by atoms with Gasteiger partial charge in [0, 0.05) is 28.6 Å². The SMILES string of the molecule is SCC1=CN(Cl)CS1. The molecular formula is C4H6ClNS2. The molecule has 0 radical (unpaired) electrons. The third-order valence-electron chi connectivity index (χ3n) is 0.813. The van der Waals surface area contributed by atoms with E-state index in [0.29, 0.717) is 0 Å². The molecule has 0 N–H and O–H groups in total. The Labute approximate surface area is 63.6 Å². The molecule has 0 saturated carbocycles. The van der Waals surface area contributed by atoms with E-state index in [4.69, 9.17) is 11.8 Å². The van der Waals surface area contributed by atoms with Crippen LogP contribution in [0.5, 0.6) is 0 Å². The lowest BCUT2D eigenvalue weighted by Crippen LogP contribution is -1.93. The summed E-state index contributed by atoms with van der Waals surface area (Å²) in [7, 11) is 0. The molecule has 0 atom stereocenters. The monoisotopic (exact) mass is 167 g/mol. The standard InChI is InChI=1S/C4H6ClNS2/c5-6-1-4(2-7)8-3-6/h1,7H,2-3H2. The highest BCUT2D eigenvalue weighted by Gasteiger charge is 2.07. The predicted octanol–water partition coefficient (Wildman–Crippen LogP) is 1.92. The number of thioether (sulfide) groups is 1. The summed E-state index contributed by atoms with van der Waals surface area (Å²) in [6.07, 6.45) is 1.90. The van der Waals surface area contributed by atoms with Gasteiger partial charge in [-0.05, 0) is 0 Å². The summed E-state index contributed by atoms with van der Waals surface area (Å²) in [6.45, 7) is 0. The largest absolute Gasteiger partial charge is 0.281 e. The Balaban J connectivity index is 2.44. The van der Waals surface area contributed by atoms with Gasteiger partial charge < -0.3 is 0 Å². The Morgan fingerprint density at radius 2 is 2.75 bits per heavy atom. The van der Waals surface area contributed by atoms with Crippen molar-refractivity contribution in [3.8, 4) is 0 Å². The molecule has 1 heterocycles. The highest BCUT2D eigenvalue weighted by molar-refractivity contribution is 8.04. The number of hydrogen-bond donors (Lipinski definition) is 1. The van der Waals surface area contributed by atoms with E-state index < -0.39 is 0 Å². The molecule has 0 aliphatic carbocycles. The molecule has 8 heavy (non-hydrogen) atoms. The van der Waals surface area contributed by atoms with E-state index in [0.717, 1.165) is 11.6 Å². The van der Waals surface area contributed by atoms with Gasteiger partial charge in [0.15, 0.2) is 0 Å². The molecular weight excluding hydrogens is 162 g/mol. The van der Waals surface area contributed by atoms with E-state index >= 15 is 0 Å². The van der Waals surface area contributed by atoms with Crippen molar-refractivity contribution in [3.63, 3.8) is 0 Å². The van der Waals surface area contributed by atoms with E-state index in [1.807, 2.05) is 6.20 Å². The zero-order chi connectivity index (χ0) is 5.98. The minimum Gasteiger partial charge on any atom is -0.281 e. The van der Waals surface area contributed by atoms with Crippen LogP contribution in [0.4, 0.5) is 0 Å². The minimum atomic E-state index is 0.799. The second-order valence-corrected chi connectivity index (χ2v) is 3.25. The average Bonchev–Trinajstić information content (AvgIpc) is 2.14. The van der Waals surface area contributed by atoms with Crippen molar-refractivity contribution in [3.05, 3.63) is 11.1 Å². The predicted molar refractivity (Wildman–Crippen MR) is 42.1 cm³/mol. The van der Waals surface area contributed by atoms with Gasteiger partial charge in [-0.15, -0.1) is 11.8 Å². The Morgan fingerprint density at radius 3 is 3.00 bits per heavy atom. The number of hydrogen-bond acceptors (Lipinski definition) is 3. The van der Waals surface area contributed by atoms with E-state index in [1.165, 1.54) is 4.91 Å². The Hall–Kier alpha value is 0.530. The highest BCUT2D eigenvalue weighted by Crippen LogP contribution is 2.26. The van der Waals surface area contributed by atoms with Gasteiger partial charge in [0.2, 0.25) is 0 Å². The van der Waals surface area contributed by atoms with Crippen molar-refractivity contribution in [2.45, 2.75) is 0 Å². The first kappa shape index (κ1) is 6.65. The van der Waals surface area contributed by atoms with E-state index in [9.17, 15) is 0 Å². The lowest BCUT2D eigenvalue weighted by atomic mass is 10.7. The summed E-state index contributed by atoms with van der Waals surface area (Å²) in [4.78, 5) is 1.24. The van der Waals surface area contributed by atoms with Crippen molar-refractivity contribution in [2.24, 2.45) is 0 Å². The van der Waals surface area contributed by atoms with Gasteiger partial charge in [-0.2, -0.15) is 12.6 Å². The maximum absolute atomic E-state index is 5.59. The Bertz CT molecular complexity index is 115. The lowest BCUT2D eigenvalue weighted by molar-refractivity contribution is 0.734. The first-order chi connectivity index (χ1) is 3.83. The molecule has 1 aliphatic rings.